The summed E-state index contributed by atoms with van der Waals surface area (Å²) in [6.07, 6.45) is 2.13. The number of thioether (sulfide) groups is 1. The van der Waals surface area contributed by atoms with Gasteiger partial charge in [-0.25, -0.2) is 4.98 Å². The Balaban J connectivity index is 1.47. The number of benzene rings is 2. The van der Waals surface area contributed by atoms with Gasteiger partial charge in [-0.1, -0.05) is 35.6 Å². The third kappa shape index (κ3) is 3.34. The molecule has 0 saturated heterocycles. The summed E-state index contributed by atoms with van der Waals surface area (Å²) in [6, 6.07) is 14.4. The second-order valence-electron chi connectivity index (χ2n) is 6.12. The second kappa shape index (κ2) is 7.13. The highest BCUT2D eigenvalue weighted by Gasteiger charge is 2.12. The number of rotatable bonds is 5. The molecule has 4 rings (SSSR count). The Morgan fingerprint density at radius 2 is 2.12 bits per heavy atom. The van der Waals surface area contributed by atoms with Gasteiger partial charge in [-0.05, 0) is 37.6 Å². The van der Waals surface area contributed by atoms with Crippen LogP contribution in [0.4, 0.5) is 5.13 Å². The molecule has 0 aliphatic heterocycles. The van der Waals surface area contributed by atoms with Gasteiger partial charge in [0.1, 0.15) is 0 Å². The maximum Gasteiger partial charge on any atom is 0.236 e. The van der Waals surface area contributed by atoms with Crippen molar-refractivity contribution in [2.45, 2.75) is 25.3 Å². The zero-order chi connectivity index (χ0) is 18.1. The Labute approximate surface area is 160 Å². The lowest BCUT2D eigenvalue weighted by Gasteiger charge is -2.01. The Hall–Kier alpha value is -2.31. The number of amides is 1. The normalized spacial score (nSPS) is 11.3. The lowest BCUT2D eigenvalue weighted by molar-refractivity contribution is -0.113. The third-order valence-corrected chi connectivity index (χ3v) is 6.22. The smallest absolute Gasteiger partial charge is 0.236 e. The minimum absolute atomic E-state index is 0.0286. The number of aryl methyl sites for hydroxylation is 2. The van der Waals surface area contributed by atoms with Crippen molar-refractivity contribution < 1.29 is 4.79 Å². The van der Waals surface area contributed by atoms with Crippen LogP contribution in [0, 0.1) is 6.92 Å². The average Bonchev–Trinajstić information content (AvgIpc) is 3.20. The highest BCUT2D eigenvalue weighted by Crippen LogP contribution is 2.31. The van der Waals surface area contributed by atoms with Crippen molar-refractivity contribution in [3.63, 3.8) is 0 Å². The van der Waals surface area contributed by atoms with Crippen molar-refractivity contribution in [3.8, 4) is 0 Å². The number of hydrogen-bond donors (Lipinski definition) is 1. The molecule has 2 aromatic heterocycles. The molecule has 6 heteroatoms. The van der Waals surface area contributed by atoms with E-state index in [1.54, 1.807) is 11.8 Å². The fourth-order valence-electron chi connectivity index (χ4n) is 2.97. The highest BCUT2D eigenvalue weighted by atomic mass is 32.2. The van der Waals surface area contributed by atoms with Crippen molar-refractivity contribution in [1.29, 1.82) is 0 Å². The molecular formula is C20H19N3OS2. The number of thiazole rings is 1. The maximum absolute atomic E-state index is 12.4. The number of carbonyl (C=O) groups excluding carboxylic acids is 1. The fourth-order valence-corrected chi connectivity index (χ4v) is 4.84. The largest absolute Gasteiger partial charge is 0.347 e. The number of nitrogens with zero attached hydrogens (tertiary/aromatic N) is 2. The van der Waals surface area contributed by atoms with Crippen LogP contribution in [0.25, 0.3) is 21.1 Å². The molecule has 4 aromatic rings. The molecule has 26 heavy (non-hydrogen) atoms. The number of para-hydroxylation sites is 1. The summed E-state index contributed by atoms with van der Waals surface area (Å²) in [5, 5.41) is 4.79. The number of anilines is 1. The number of hydrogen-bond acceptors (Lipinski definition) is 4. The third-order valence-electron chi connectivity index (χ3n) is 4.24. The van der Waals surface area contributed by atoms with E-state index < -0.39 is 0 Å². The SMILES string of the molecule is CCn1cc(SCC(=O)Nc2nc3ccc(C)cc3s2)c2ccccc21. The molecule has 2 heterocycles. The summed E-state index contributed by atoms with van der Waals surface area (Å²) in [4.78, 5) is 18.0. The van der Waals surface area contributed by atoms with Gasteiger partial charge in [-0.3, -0.25) is 4.79 Å². The first kappa shape index (κ1) is 17.1. The van der Waals surface area contributed by atoms with Crippen molar-refractivity contribution in [2.75, 3.05) is 11.1 Å². The van der Waals surface area contributed by atoms with Crippen LogP contribution in [-0.2, 0) is 11.3 Å². The number of aromatic nitrogens is 2. The van der Waals surface area contributed by atoms with Gasteiger partial charge in [0.05, 0.1) is 16.0 Å². The Kier molecular flexibility index (Phi) is 4.70. The molecule has 132 valence electrons. The number of carbonyl (C=O) groups is 1. The molecule has 0 aliphatic rings. The molecule has 0 bridgehead atoms. The van der Waals surface area contributed by atoms with Gasteiger partial charge in [0.25, 0.3) is 0 Å². The molecule has 0 fully saturated rings. The van der Waals surface area contributed by atoms with Gasteiger partial charge in [-0.15, -0.1) is 11.8 Å². The standard InChI is InChI=1S/C20H19N3OS2/c1-3-23-11-18(14-6-4-5-7-16(14)23)25-12-19(24)22-20-21-15-9-8-13(2)10-17(15)26-20/h4-11H,3,12H2,1-2H3,(H,21,22,24). The molecular weight excluding hydrogens is 362 g/mol. The van der Waals surface area contributed by atoms with Gasteiger partial charge in [0.2, 0.25) is 5.91 Å². The first-order valence-electron chi connectivity index (χ1n) is 8.52. The van der Waals surface area contributed by atoms with E-state index in [0.717, 1.165) is 21.7 Å². The molecule has 0 radical (unpaired) electrons. The van der Waals surface area contributed by atoms with Gasteiger partial charge < -0.3 is 9.88 Å². The van der Waals surface area contributed by atoms with Gasteiger partial charge in [0, 0.05) is 28.5 Å². The molecule has 2 aromatic carbocycles. The van der Waals surface area contributed by atoms with E-state index in [-0.39, 0.29) is 5.91 Å². The lowest BCUT2D eigenvalue weighted by atomic mass is 10.2. The van der Waals surface area contributed by atoms with Gasteiger partial charge in [0.15, 0.2) is 5.13 Å². The van der Waals surface area contributed by atoms with Crippen LogP contribution in [0.3, 0.4) is 0 Å². The summed E-state index contributed by atoms with van der Waals surface area (Å²) < 4.78 is 3.31. The monoisotopic (exact) mass is 381 g/mol. The average molecular weight is 382 g/mol. The molecule has 1 N–H and O–H groups in total. The Morgan fingerprint density at radius 1 is 1.27 bits per heavy atom. The summed E-state index contributed by atoms with van der Waals surface area (Å²) in [6.45, 7) is 5.10. The molecule has 0 saturated carbocycles. The van der Waals surface area contributed by atoms with Crippen LogP contribution in [0.2, 0.25) is 0 Å². The van der Waals surface area contributed by atoms with E-state index in [2.05, 4.69) is 53.1 Å². The van der Waals surface area contributed by atoms with E-state index >= 15 is 0 Å². The summed E-state index contributed by atoms with van der Waals surface area (Å²) in [5.74, 6) is 0.339. The number of nitrogens with one attached hydrogen (secondary N) is 1. The van der Waals surface area contributed by atoms with Crippen LogP contribution in [-0.4, -0.2) is 21.2 Å². The first-order chi connectivity index (χ1) is 12.6. The molecule has 0 aliphatic carbocycles. The summed E-state index contributed by atoms with van der Waals surface area (Å²) in [5.41, 5.74) is 3.33. The predicted octanol–water partition coefficient (Wildman–Crippen LogP) is 5.31. The molecule has 4 nitrogen and oxygen atoms in total. The minimum atomic E-state index is -0.0286. The van der Waals surface area contributed by atoms with Crippen LogP contribution in [0.15, 0.2) is 53.6 Å². The fraction of sp³-hybridized carbons (Fsp3) is 0.200. The summed E-state index contributed by atoms with van der Waals surface area (Å²) >= 11 is 3.08. The Morgan fingerprint density at radius 3 is 2.96 bits per heavy atom. The highest BCUT2D eigenvalue weighted by molar-refractivity contribution is 8.00. The van der Waals surface area contributed by atoms with Crippen molar-refractivity contribution in [1.82, 2.24) is 9.55 Å². The van der Waals surface area contributed by atoms with Crippen molar-refractivity contribution >= 4 is 55.3 Å². The van der Waals surface area contributed by atoms with E-state index in [1.807, 2.05) is 24.3 Å². The maximum atomic E-state index is 12.4. The lowest BCUT2D eigenvalue weighted by Crippen LogP contribution is -2.13. The number of fused-ring (bicyclic) bond motifs is 2. The predicted molar refractivity (Wildman–Crippen MR) is 111 cm³/mol. The van der Waals surface area contributed by atoms with E-state index in [4.69, 9.17) is 0 Å². The Bertz CT molecular complexity index is 1100. The zero-order valence-corrected chi connectivity index (χ0v) is 16.3. The second-order valence-corrected chi connectivity index (χ2v) is 8.17. The topological polar surface area (TPSA) is 46.9 Å². The van der Waals surface area contributed by atoms with E-state index in [9.17, 15) is 4.79 Å². The van der Waals surface area contributed by atoms with Crippen LogP contribution < -0.4 is 5.32 Å². The van der Waals surface area contributed by atoms with E-state index in [1.165, 1.54) is 27.8 Å². The van der Waals surface area contributed by atoms with Gasteiger partial charge in [-0.2, -0.15) is 0 Å². The van der Waals surface area contributed by atoms with Crippen molar-refractivity contribution in [2.24, 2.45) is 0 Å². The molecule has 0 spiro atoms. The molecule has 1 amide bonds. The van der Waals surface area contributed by atoms with Crippen LogP contribution in [0.5, 0.6) is 0 Å². The van der Waals surface area contributed by atoms with Crippen LogP contribution in [0.1, 0.15) is 12.5 Å². The first-order valence-corrected chi connectivity index (χ1v) is 10.3. The quantitative estimate of drug-likeness (QED) is 0.477. The molecule has 0 atom stereocenters. The minimum Gasteiger partial charge on any atom is -0.347 e. The van der Waals surface area contributed by atoms with Gasteiger partial charge >= 0.3 is 0 Å². The van der Waals surface area contributed by atoms with Crippen molar-refractivity contribution in [3.05, 3.63) is 54.2 Å². The van der Waals surface area contributed by atoms with E-state index in [0.29, 0.717) is 10.9 Å². The van der Waals surface area contributed by atoms with Crippen LogP contribution >= 0.6 is 23.1 Å². The summed E-state index contributed by atoms with van der Waals surface area (Å²) in [7, 11) is 0. The molecule has 0 unspecified atom stereocenters. The zero-order valence-electron chi connectivity index (χ0n) is 14.7.